The highest BCUT2D eigenvalue weighted by Gasteiger charge is 2.46. The maximum Gasteiger partial charge on any atom is 0.295 e. The number of ether oxygens (including phenoxy) is 4. The van der Waals surface area contributed by atoms with Gasteiger partial charge in [0.25, 0.3) is 11.7 Å². The van der Waals surface area contributed by atoms with Gasteiger partial charge in [-0.3, -0.25) is 9.59 Å². The van der Waals surface area contributed by atoms with E-state index in [1.807, 2.05) is 20.8 Å². The van der Waals surface area contributed by atoms with Crippen molar-refractivity contribution in [2.75, 3.05) is 54.1 Å². The van der Waals surface area contributed by atoms with Crippen LogP contribution in [0.25, 0.3) is 5.76 Å². The average molecular weight is 513 g/mol. The predicted molar refractivity (Wildman–Crippen MR) is 141 cm³/mol. The number of aliphatic hydroxyl groups is 1. The first-order valence-electron chi connectivity index (χ1n) is 12.4. The minimum atomic E-state index is -0.861. The molecular formula is C28H36N2O7. The van der Waals surface area contributed by atoms with Crippen molar-refractivity contribution in [1.29, 1.82) is 0 Å². The van der Waals surface area contributed by atoms with Gasteiger partial charge in [-0.05, 0) is 49.8 Å². The molecule has 1 fully saturated rings. The molecule has 1 aliphatic heterocycles. The van der Waals surface area contributed by atoms with Crippen LogP contribution in [0, 0.1) is 0 Å². The van der Waals surface area contributed by atoms with Crippen LogP contribution in [0.4, 0.5) is 0 Å². The number of aliphatic hydroxyl groups excluding tert-OH is 1. The Balaban J connectivity index is 2.22. The van der Waals surface area contributed by atoms with Gasteiger partial charge >= 0.3 is 0 Å². The van der Waals surface area contributed by atoms with Gasteiger partial charge in [0.2, 0.25) is 5.75 Å². The molecule has 1 saturated heterocycles. The number of amides is 1. The van der Waals surface area contributed by atoms with Gasteiger partial charge in [-0.25, -0.2) is 0 Å². The van der Waals surface area contributed by atoms with E-state index in [2.05, 4.69) is 4.90 Å². The molecule has 1 amide bonds. The Morgan fingerprint density at radius 2 is 1.62 bits per heavy atom. The van der Waals surface area contributed by atoms with E-state index in [1.54, 1.807) is 36.4 Å². The Morgan fingerprint density at radius 1 is 0.973 bits per heavy atom. The van der Waals surface area contributed by atoms with Crippen molar-refractivity contribution in [3.63, 3.8) is 0 Å². The number of Topliss-reactive ketones (excluding diaryl/α,β-unsaturated/α-hetero) is 1. The van der Waals surface area contributed by atoms with Gasteiger partial charge in [0.15, 0.2) is 11.5 Å². The highest BCUT2D eigenvalue weighted by atomic mass is 16.5. The molecule has 1 aliphatic rings. The first kappa shape index (κ1) is 27.9. The van der Waals surface area contributed by atoms with E-state index in [4.69, 9.17) is 18.9 Å². The number of nitrogens with zero attached hydrogens (tertiary/aromatic N) is 2. The van der Waals surface area contributed by atoms with Crippen LogP contribution in [0.3, 0.4) is 0 Å². The first-order valence-corrected chi connectivity index (χ1v) is 12.4. The van der Waals surface area contributed by atoms with Gasteiger partial charge in [-0.1, -0.05) is 26.0 Å². The number of hydrogen-bond acceptors (Lipinski definition) is 8. The standard InChI is InChI=1S/C28H36N2O7/c1-7-29(8-2)13-14-30-24(19-16-21(34-4)27(36-6)22(17-19)35-5)23(26(32)28(30)33)25(31)18-11-10-12-20(15-18)37-9-3/h10-12,15-17,24,31H,7-9,13-14H2,1-6H3. The molecule has 9 heteroatoms. The summed E-state index contributed by atoms with van der Waals surface area (Å²) in [4.78, 5) is 30.4. The van der Waals surface area contributed by atoms with Crippen LogP contribution in [0.1, 0.15) is 37.9 Å². The molecule has 2 aromatic rings. The highest BCUT2D eigenvalue weighted by Crippen LogP contribution is 2.45. The minimum Gasteiger partial charge on any atom is -0.507 e. The van der Waals surface area contributed by atoms with Gasteiger partial charge in [0, 0.05) is 18.7 Å². The molecule has 37 heavy (non-hydrogen) atoms. The second kappa shape index (κ2) is 12.5. The van der Waals surface area contributed by atoms with Crippen molar-refractivity contribution < 1.29 is 33.6 Å². The van der Waals surface area contributed by atoms with Crippen molar-refractivity contribution >= 4 is 17.4 Å². The van der Waals surface area contributed by atoms with Gasteiger partial charge in [-0.2, -0.15) is 0 Å². The number of rotatable bonds is 12. The number of carbonyl (C=O) groups is 2. The zero-order chi connectivity index (χ0) is 27.1. The van der Waals surface area contributed by atoms with Gasteiger partial charge in [0.05, 0.1) is 39.6 Å². The average Bonchev–Trinajstić information content (AvgIpc) is 3.17. The molecule has 0 spiro atoms. The third-order valence-corrected chi connectivity index (χ3v) is 6.51. The summed E-state index contributed by atoms with van der Waals surface area (Å²) in [6, 6.07) is 9.35. The molecule has 0 aliphatic carbocycles. The maximum absolute atomic E-state index is 13.4. The number of likely N-dealkylation sites (N-methyl/N-ethyl adjacent to an activating group) is 1. The molecule has 1 N–H and O–H groups in total. The molecule has 9 nitrogen and oxygen atoms in total. The van der Waals surface area contributed by atoms with Gasteiger partial charge in [0.1, 0.15) is 11.5 Å². The van der Waals surface area contributed by atoms with E-state index in [0.717, 1.165) is 13.1 Å². The molecular weight excluding hydrogens is 476 g/mol. The lowest BCUT2D eigenvalue weighted by Gasteiger charge is -2.29. The second-order valence-electron chi connectivity index (χ2n) is 8.44. The third-order valence-electron chi connectivity index (χ3n) is 6.51. The van der Waals surface area contributed by atoms with Crippen molar-refractivity contribution in [2.45, 2.75) is 26.8 Å². The van der Waals surface area contributed by atoms with Crippen molar-refractivity contribution in [3.05, 3.63) is 53.1 Å². The Labute approximate surface area is 218 Å². The second-order valence-corrected chi connectivity index (χ2v) is 8.44. The van der Waals surface area contributed by atoms with Crippen LogP contribution in [0.5, 0.6) is 23.0 Å². The number of carbonyl (C=O) groups excluding carboxylic acids is 2. The summed E-state index contributed by atoms with van der Waals surface area (Å²) in [7, 11) is 4.50. The third kappa shape index (κ3) is 5.67. The fourth-order valence-corrected chi connectivity index (χ4v) is 4.56. The minimum absolute atomic E-state index is 0.00697. The maximum atomic E-state index is 13.4. The largest absolute Gasteiger partial charge is 0.507 e. The number of likely N-dealkylation sites (tertiary alicyclic amines) is 1. The molecule has 3 rings (SSSR count). The Bertz CT molecular complexity index is 1130. The SMILES string of the molecule is CCOc1cccc(C(O)=C2C(=O)C(=O)N(CCN(CC)CC)C2c2cc(OC)c(OC)c(OC)c2)c1. The zero-order valence-corrected chi connectivity index (χ0v) is 22.4. The van der Waals surface area contributed by atoms with E-state index in [1.165, 1.54) is 26.2 Å². The van der Waals surface area contributed by atoms with E-state index >= 15 is 0 Å². The molecule has 1 heterocycles. The van der Waals surface area contributed by atoms with Crippen LogP contribution in [0.2, 0.25) is 0 Å². The lowest BCUT2D eigenvalue weighted by molar-refractivity contribution is -0.140. The Morgan fingerprint density at radius 3 is 2.16 bits per heavy atom. The lowest BCUT2D eigenvalue weighted by atomic mass is 9.94. The van der Waals surface area contributed by atoms with E-state index < -0.39 is 17.7 Å². The van der Waals surface area contributed by atoms with Gasteiger partial charge < -0.3 is 33.9 Å². The fraction of sp³-hybridized carbons (Fsp3) is 0.429. The van der Waals surface area contributed by atoms with E-state index in [-0.39, 0.29) is 11.3 Å². The number of methoxy groups -OCH3 is 3. The van der Waals surface area contributed by atoms with E-state index in [0.29, 0.717) is 53.8 Å². The highest BCUT2D eigenvalue weighted by molar-refractivity contribution is 6.46. The molecule has 0 radical (unpaired) electrons. The van der Waals surface area contributed by atoms with Crippen LogP contribution < -0.4 is 18.9 Å². The van der Waals surface area contributed by atoms with Crippen molar-refractivity contribution in [1.82, 2.24) is 9.80 Å². The molecule has 0 saturated carbocycles. The van der Waals surface area contributed by atoms with Crippen LogP contribution in [-0.4, -0.2) is 80.7 Å². The summed E-state index contributed by atoms with van der Waals surface area (Å²) in [6.45, 7) is 8.87. The van der Waals surface area contributed by atoms with Gasteiger partial charge in [-0.15, -0.1) is 0 Å². The van der Waals surface area contributed by atoms with Crippen LogP contribution >= 0.6 is 0 Å². The Hall–Kier alpha value is -3.72. The smallest absolute Gasteiger partial charge is 0.295 e. The summed E-state index contributed by atoms with van der Waals surface area (Å²) in [6.07, 6.45) is 0. The van der Waals surface area contributed by atoms with Crippen LogP contribution in [-0.2, 0) is 9.59 Å². The first-order chi connectivity index (χ1) is 17.8. The lowest BCUT2D eigenvalue weighted by Crippen LogP contribution is -2.38. The summed E-state index contributed by atoms with van der Waals surface area (Å²) < 4.78 is 22.1. The quantitative estimate of drug-likeness (QED) is 0.260. The van der Waals surface area contributed by atoms with E-state index in [9.17, 15) is 14.7 Å². The monoisotopic (exact) mass is 512 g/mol. The fourth-order valence-electron chi connectivity index (χ4n) is 4.56. The zero-order valence-electron chi connectivity index (χ0n) is 22.4. The Kier molecular flexibility index (Phi) is 9.41. The molecule has 200 valence electrons. The number of ketones is 1. The summed E-state index contributed by atoms with van der Waals surface area (Å²) in [5.74, 6) is -0.00557. The summed E-state index contributed by atoms with van der Waals surface area (Å²) in [5, 5.41) is 11.4. The van der Waals surface area contributed by atoms with Crippen molar-refractivity contribution in [2.24, 2.45) is 0 Å². The molecule has 1 atom stereocenters. The molecule has 1 unspecified atom stereocenters. The summed E-state index contributed by atoms with van der Waals surface area (Å²) >= 11 is 0. The number of benzene rings is 2. The number of hydrogen-bond donors (Lipinski definition) is 1. The predicted octanol–water partition coefficient (Wildman–Crippen LogP) is 3.87. The summed E-state index contributed by atoms with van der Waals surface area (Å²) in [5.41, 5.74) is 0.924. The topological polar surface area (TPSA) is 97.8 Å². The molecule has 0 bridgehead atoms. The molecule has 0 aromatic heterocycles. The molecule has 2 aromatic carbocycles. The normalized spacial score (nSPS) is 16.8. The van der Waals surface area contributed by atoms with Crippen LogP contribution in [0.15, 0.2) is 42.0 Å². The van der Waals surface area contributed by atoms with Crippen molar-refractivity contribution in [3.8, 4) is 23.0 Å².